The molecule has 0 spiro atoms. The van der Waals surface area contributed by atoms with Crippen molar-refractivity contribution in [3.05, 3.63) is 35.4 Å². The van der Waals surface area contributed by atoms with Crippen LogP contribution in [0.5, 0.6) is 11.5 Å². The predicted octanol–water partition coefficient (Wildman–Crippen LogP) is 3.75. The lowest BCUT2D eigenvalue weighted by Gasteiger charge is -2.58. The van der Waals surface area contributed by atoms with E-state index in [-0.39, 0.29) is 34.6 Å². The highest BCUT2D eigenvalue weighted by Gasteiger charge is 2.62. The Bertz CT molecular complexity index is 1260. The van der Waals surface area contributed by atoms with E-state index < -0.39 is 37.3 Å². The number of fused-ring (bicyclic) bond motifs is 5. The normalized spacial score (nSPS) is 45.0. The average Bonchev–Trinajstić information content (AvgIpc) is 3.34. The molecule has 4 fully saturated rings. The molecule has 5 aliphatic rings. The third kappa shape index (κ3) is 5.03. The molecule has 6 rings (SSSR count). The van der Waals surface area contributed by atoms with Crippen LogP contribution >= 0.6 is 0 Å². The zero-order chi connectivity index (χ0) is 31.6. The van der Waals surface area contributed by atoms with Crippen LogP contribution in [0.4, 0.5) is 0 Å². The third-order valence-corrected chi connectivity index (χ3v) is 12.6. The standard InChI is InChI=1S/C35H50O9/c1-18(37)29-24(23-15-20(41-4)7-9-27(23)42-5)16-26-22-8-6-19-14-21(10-12-34(19,2)25(22)11-13-35(26,29)3)43-33-32(40)31(39)30(38)28(17-36)44-33/h6-7,9,15,21-22,24-26,28-33,36,38-40H,8,10-14,16-17H2,1-5H3/t21?,22?,24?,25?,26?,28-,29?,30-,31+,32?,33?,34?,35?/m1/s1. The molecule has 9 heteroatoms. The number of benzene rings is 1. The average molecular weight is 615 g/mol. The second-order valence-electron chi connectivity index (χ2n) is 14.5. The summed E-state index contributed by atoms with van der Waals surface area (Å²) in [6.45, 7) is 6.06. The minimum Gasteiger partial charge on any atom is -0.497 e. The SMILES string of the molecule is COc1ccc(OC)c(C2CC3C4CC=C5CC(OC6O[C@H](CO)[C@@H](O)[C@H](O)C6O)CCC5(C)C4CCC3(C)C2C(C)=O)c1. The van der Waals surface area contributed by atoms with Crippen molar-refractivity contribution < 1.29 is 44.2 Å². The first-order chi connectivity index (χ1) is 21.0. The van der Waals surface area contributed by atoms with Crippen molar-refractivity contribution >= 4 is 5.78 Å². The highest BCUT2D eigenvalue weighted by Crippen LogP contribution is 2.69. The molecule has 1 aromatic rings. The van der Waals surface area contributed by atoms with Crippen LogP contribution in [0, 0.1) is 34.5 Å². The predicted molar refractivity (Wildman–Crippen MR) is 162 cm³/mol. The smallest absolute Gasteiger partial charge is 0.186 e. The zero-order valence-electron chi connectivity index (χ0n) is 26.6. The monoisotopic (exact) mass is 614 g/mol. The number of methoxy groups -OCH3 is 2. The third-order valence-electron chi connectivity index (χ3n) is 12.6. The Kier molecular flexibility index (Phi) is 8.70. The number of aliphatic hydroxyl groups is 4. The highest BCUT2D eigenvalue weighted by atomic mass is 16.7. The van der Waals surface area contributed by atoms with Gasteiger partial charge in [-0.1, -0.05) is 25.5 Å². The first-order valence-corrected chi connectivity index (χ1v) is 16.3. The van der Waals surface area contributed by atoms with Gasteiger partial charge in [-0.05, 0) is 105 Å². The fourth-order valence-electron chi connectivity index (χ4n) is 10.3. The van der Waals surface area contributed by atoms with Crippen LogP contribution in [0.1, 0.15) is 77.2 Å². The van der Waals surface area contributed by atoms with E-state index in [1.807, 2.05) is 12.1 Å². The molecule has 4 aliphatic carbocycles. The number of hydrogen-bond donors (Lipinski definition) is 4. The van der Waals surface area contributed by atoms with Crippen LogP contribution in [0.25, 0.3) is 0 Å². The van der Waals surface area contributed by atoms with Crippen LogP contribution < -0.4 is 9.47 Å². The summed E-state index contributed by atoms with van der Waals surface area (Å²) in [5, 5.41) is 40.5. The van der Waals surface area contributed by atoms with Crippen molar-refractivity contribution in [2.45, 2.75) is 108 Å². The Morgan fingerprint density at radius 2 is 1.80 bits per heavy atom. The summed E-state index contributed by atoms with van der Waals surface area (Å²) in [5.74, 6) is 3.25. The molecule has 44 heavy (non-hydrogen) atoms. The lowest BCUT2D eigenvalue weighted by Crippen LogP contribution is -2.60. The summed E-state index contributed by atoms with van der Waals surface area (Å²) in [7, 11) is 3.37. The summed E-state index contributed by atoms with van der Waals surface area (Å²) < 4.78 is 23.2. The molecule has 1 heterocycles. The van der Waals surface area contributed by atoms with E-state index >= 15 is 0 Å². The van der Waals surface area contributed by atoms with Gasteiger partial charge in [0.2, 0.25) is 0 Å². The molecule has 244 valence electrons. The van der Waals surface area contributed by atoms with Crippen LogP contribution in [0.2, 0.25) is 0 Å². The number of carbonyl (C=O) groups excluding carboxylic acids is 1. The molecule has 1 saturated heterocycles. The second kappa shape index (κ2) is 12.0. The maximum Gasteiger partial charge on any atom is 0.186 e. The molecule has 0 aromatic heterocycles. The van der Waals surface area contributed by atoms with Crippen molar-refractivity contribution in [3.63, 3.8) is 0 Å². The minimum atomic E-state index is -1.45. The van der Waals surface area contributed by atoms with Gasteiger partial charge >= 0.3 is 0 Å². The molecular weight excluding hydrogens is 564 g/mol. The van der Waals surface area contributed by atoms with Crippen molar-refractivity contribution in [3.8, 4) is 11.5 Å². The zero-order valence-corrected chi connectivity index (χ0v) is 26.6. The maximum atomic E-state index is 13.4. The summed E-state index contributed by atoms with van der Waals surface area (Å²) in [5.41, 5.74) is 2.40. The van der Waals surface area contributed by atoms with Gasteiger partial charge in [-0.2, -0.15) is 0 Å². The Balaban J connectivity index is 1.24. The largest absolute Gasteiger partial charge is 0.497 e. The van der Waals surface area contributed by atoms with Crippen LogP contribution in [0.3, 0.4) is 0 Å². The number of hydrogen-bond acceptors (Lipinski definition) is 9. The molecule has 3 saturated carbocycles. The topological polar surface area (TPSA) is 135 Å². The van der Waals surface area contributed by atoms with Crippen molar-refractivity contribution in [2.24, 2.45) is 34.5 Å². The van der Waals surface area contributed by atoms with Gasteiger partial charge in [0.05, 0.1) is 26.9 Å². The number of carbonyl (C=O) groups is 1. The van der Waals surface area contributed by atoms with E-state index in [0.717, 1.165) is 62.0 Å². The second-order valence-corrected chi connectivity index (χ2v) is 14.5. The maximum absolute atomic E-state index is 13.4. The number of ketones is 1. The van der Waals surface area contributed by atoms with Gasteiger partial charge < -0.3 is 39.4 Å². The van der Waals surface area contributed by atoms with Gasteiger partial charge in [-0.25, -0.2) is 0 Å². The quantitative estimate of drug-likeness (QED) is 0.339. The van der Waals surface area contributed by atoms with Gasteiger partial charge in [-0.3, -0.25) is 4.79 Å². The van der Waals surface area contributed by atoms with Crippen molar-refractivity contribution in [2.75, 3.05) is 20.8 Å². The highest BCUT2D eigenvalue weighted by molar-refractivity contribution is 5.81. The fourth-order valence-corrected chi connectivity index (χ4v) is 10.3. The molecule has 0 bridgehead atoms. The molecule has 13 atom stereocenters. The molecule has 4 N–H and O–H groups in total. The lowest BCUT2D eigenvalue weighted by molar-refractivity contribution is -0.313. The summed E-state index contributed by atoms with van der Waals surface area (Å²) >= 11 is 0. The van der Waals surface area contributed by atoms with Crippen LogP contribution in [-0.4, -0.2) is 83.8 Å². The van der Waals surface area contributed by atoms with Crippen LogP contribution in [0.15, 0.2) is 29.8 Å². The van der Waals surface area contributed by atoms with Crippen LogP contribution in [-0.2, 0) is 14.3 Å². The Morgan fingerprint density at radius 3 is 2.48 bits per heavy atom. The minimum absolute atomic E-state index is 0.0248. The summed E-state index contributed by atoms with van der Waals surface area (Å²) in [4.78, 5) is 13.4. The fraction of sp³-hybridized carbons (Fsp3) is 0.743. The van der Waals surface area contributed by atoms with E-state index in [9.17, 15) is 25.2 Å². The number of rotatable bonds is 7. The van der Waals surface area contributed by atoms with Gasteiger partial charge in [0, 0.05) is 11.5 Å². The number of allylic oxidation sites excluding steroid dienone is 1. The molecule has 1 aromatic carbocycles. The number of aliphatic hydroxyl groups excluding tert-OH is 4. The molecule has 10 unspecified atom stereocenters. The first-order valence-electron chi connectivity index (χ1n) is 16.3. The van der Waals surface area contributed by atoms with E-state index in [1.54, 1.807) is 21.1 Å². The Labute approximate surface area is 260 Å². The van der Waals surface area contributed by atoms with Gasteiger partial charge in [0.25, 0.3) is 0 Å². The van der Waals surface area contributed by atoms with Gasteiger partial charge in [0.1, 0.15) is 41.7 Å². The van der Waals surface area contributed by atoms with Crippen molar-refractivity contribution in [1.82, 2.24) is 0 Å². The Morgan fingerprint density at radius 1 is 1.02 bits per heavy atom. The summed E-state index contributed by atoms with van der Waals surface area (Å²) in [6.07, 6.45) is 2.34. The number of ether oxygens (including phenoxy) is 4. The molecule has 1 aliphatic heterocycles. The van der Waals surface area contributed by atoms with E-state index in [1.165, 1.54) is 5.57 Å². The Hall–Kier alpha value is -2.01. The van der Waals surface area contributed by atoms with E-state index in [4.69, 9.17) is 18.9 Å². The number of Topliss-reactive ketones (excluding diaryl/α,β-unsaturated/α-hetero) is 1. The lowest BCUT2D eigenvalue weighted by atomic mass is 9.47. The first kappa shape index (κ1) is 32.0. The molecule has 0 amide bonds. The van der Waals surface area contributed by atoms with Gasteiger partial charge in [0.15, 0.2) is 6.29 Å². The summed E-state index contributed by atoms with van der Waals surface area (Å²) in [6, 6.07) is 5.94. The van der Waals surface area contributed by atoms with E-state index in [2.05, 4.69) is 26.0 Å². The van der Waals surface area contributed by atoms with Crippen molar-refractivity contribution in [1.29, 1.82) is 0 Å². The molecule has 9 nitrogen and oxygen atoms in total. The van der Waals surface area contributed by atoms with Gasteiger partial charge in [-0.15, -0.1) is 0 Å². The molecule has 0 radical (unpaired) electrons. The molecular formula is C35H50O9. The van der Waals surface area contributed by atoms with E-state index in [0.29, 0.717) is 17.8 Å².